The molecule has 0 radical (unpaired) electrons. The second kappa shape index (κ2) is 13.4. The smallest absolute Gasteiger partial charge is 0.351 e. The molecular weight excluding hydrogens is 238 g/mol. The average molecular weight is 269 g/mol. The molecule has 0 aliphatic carbocycles. The van der Waals surface area contributed by atoms with E-state index in [9.17, 15) is 4.79 Å². The maximum absolute atomic E-state index is 10.4. The van der Waals surface area contributed by atoms with E-state index >= 15 is 0 Å². The van der Waals surface area contributed by atoms with Gasteiger partial charge in [-0.3, -0.25) is 0 Å². The third kappa shape index (κ3) is 13.2. The summed E-state index contributed by atoms with van der Waals surface area (Å²) >= 11 is 0. The van der Waals surface area contributed by atoms with Gasteiger partial charge >= 0.3 is 5.97 Å². The van der Waals surface area contributed by atoms with Crippen LogP contribution in [0.25, 0.3) is 0 Å². The Bertz CT molecular complexity index is 249. The largest absolute Gasteiger partial charge is 0.477 e. The zero-order chi connectivity index (χ0) is 14.3. The van der Waals surface area contributed by atoms with Gasteiger partial charge in [-0.1, -0.05) is 77.2 Å². The molecule has 0 rings (SSSR count). The van der Waals surface area contributed by atoms with E-state index in [1.54, 1.807) is 6.08 Å². The predicted octanol–water partition coefficient (Wildman–Crippen LogP) is 4.61. The lowest BCUT2D eigenvalue weighted by Gasteiger charge is -2.02. The summed E-state index contributed by atoms with van der Waals surface area (Å²) < 4.78 is 0. The van der Waals surface area contributed by atoms with Gasteiger partial charge in [0.25, 0.3) is 0 Å². The van der Waals surface area contributed by atoms with Crippen molar-refractivity contribution >= 4 is 5.97 Å². The Morgan fingerprint density at radius 2 is 1.32 bits per heavy atom. The van der Waals surface area contributed by atoms with Crippen LogP contribution in [0, 0.1) is 0 Å². The molecule has 0 saturated carbocycles. The van der Waals surface area contributed by atoms with Crippen molar-refractivity contribution in [2.75, 3.05) is 0 Å². The molecule has 112 valence electrons. The number of carbonyl (C=O) groups is 1. The standard InChI is InChI=1S/C16H31NO2/c1-2-3-4-5-6-7-8-9-10-11-12-13-14-15(17)16(18)19/h14H,2-13,17H2,1H3,(H,18,19). The Morgan fingerprint density at radius 1 is 0.895 bits per heavy atom. The minimum absolute atomic E-state index is 0.0212. The van der Waals surface area contributed by atoms with Crippen LogP contribution in [0.2, 0.25) is 0 Å². The van der Waals surface area contributed by atoms with Gasteiger partial charge in [-0.2, -0.15) is 0 Å². The predicted molar refractivity (Wildman–Crippen MR) is 81.0 cm³/mol. The van der Waals surface area contributed by atoms with Crippen LogP contribution in [0.1, 0.15) is 84.0 Å². The number of allylic oxidation sites excluding steroid dienone is 1. The Kier molecular flexibility index (Phi) is 12.7. The highest BCUT2D eigenvalue weighted by molar-refractivity contribution is 5.85. The second-order valence-electron chi connectivity index (χ2n) is 5.29. The molecule has 0 heterocycles. The molecule has 0 aliphatic heterocycles. The van der Waals surface area contributed by atoms with Crippen LogP contribution in [-0.4, -0.2) is 11.1 Å². The molecule has 19 heavy (non-hydrogen) atoms. The Labute approximate surface area is 118 Å². The fraction of sp³-hybridized carbons (Fsp3) is 0.812. The Morgan fingerprint density at radius 3 is 1.74 bits per heavy atom. The SMILES string of the molecule is CCCCCCCCCCCCCC=C(N)C(=O)O. The molecule has 3 N–H and O–H groups in total. The highest BCUT2D eigenvalue weighted by atomic mass is 16.4. The van der Waals surface area contributed by atoms with Gasteiger partial charge in [-0.05, 0) is 12.8 Å². The summed E-state index contributed by atoms with van der Waals surface area (Å²) in [7, 11) is 0. The molecule has 0 fully saturated rings. The molecule has 0 aromatic heterocycles. The number of carboxylic acid groups (broad SMARTS) is 1. The second-order valence-corrected chi connectivity index (χ2v) is 5.29. The van der Waals surface area contributed by atoms with E-state index in [1.807, 2.05) is 0 Å². The van der Waals surface area contributed by atoms with Gasteiger partial charge < -0.3 is 10.8 Å². The van der Waals surface area contributed by atoms with Gasteiger partial charge in [-0.15, -0.1) is 0 Å². The summed E-state index contributed by atoms with van der Waals surface area (Å²) in [6.07, 6.45) is 16.8. The lowest BCUT2D eigenvalue weighted by molar-refractivity contribution is -0.132. The molecule has 0 amide bonds. The molecular formula is C16H31NO2. The summed E-state index contributed by atoms with van der Waals surface area (Å²) in [4.78, 5) is 10.4. The van der Waals surface area contributed by atoms with Gasteiger partial charge in [0.2, 0.25) is 0 Å². The average Bonchev–Trinajstić information content (AvgIpc) is 2.39. The molecule has 0 aliphatic rings. The van der Waals surface area contributed by atoms with Gasteiger partial charge in [0, 0.05) is 0 Å². The van der Waals surface area contributed by atoms with Crippen molar-refractivity contribution < 1.29 is 9.90 Å². The molecule has 0 unspecified atom stereocenters. The first-order valence-corrected chi connectivity index (χ1v) is 7.87. The van der Waals surface area contributed by atoms with Crippen molar-refractivity contribution in [3.8, 4) is 0 Å². The highest BCUT2D eigenvalue weighted by Crippen LogP contribution is 2.12. The van der Waals surface area contributed by atoms with Crippen molar-refractivity contribution in [3.63, 3.8) is 0 Å². The van der Waals surface area contributed by atoms with Crippen molar-refractivity contribution in [1.29, 1.82) is 0 Å². The number of hydrogen-bond acceptors (Lipinski definition) is 2. The summed E-state index contributed by atoms with van der Waals surface area (Å²) in [5.41, 5.74) is 5.29. The minimum Gasteiger partial charge on any atom is -0.477 e. The maximum atomic E-state index is 10.4. The topological polar surface area (TPSA) is 63.3 Å². The number of carboxylic acids is 1. The lowest BCUT2D eigenvalue weighted by atomic mass is 10.1. The van der Waals surface area contributed by atoms with Gasteiger partial charge in [0.15, 0.2) is 0 Å². The van der Waals surface area contributed by atoms with Crippen LogP contribution < -0.4 is 5.73 Å². The van der Waals surface area contributed by atoms with Crippen LogP contribution in [0.15, 0.2) is 11.8 Å². The van der Waals surface area contributed by atoms with Gasteiger partial charge in [0.05, 0.1) is 0 Å². The molecule has 0 saturated heterocycles. The summed E-state index contributed by atoms with van der Waals surface area (Å²) in [6.45, 7) is 2.25. The Balaban J connectivity index is 3.15. The first kappa shape index (κ1) is 18.0. The number of unbranched alkanes of at least 4 members (excludes halogenated alkanes) is 11. The number of aliphatic carboxylic acids is 1. The van der Waals surface area contributed by atoms with E-state index in [0.717, 1.165) is 12.8 Å². The third-order valence-electron chi connectivity index (χ3n) is 3.42. The normalized spacial score (nSPS) is 11.7. The molecule has 0 aromatic carbocycles. The van der Waals surface area contributed by atoms with Crippen LogP contribution in [-0.2, 0) is 4.79 Å². The number of nitrogens with two attached hydrogens (primary N) is 1. The van der Waals surface area contributed by atoms with Crippen LogP contribution in [0.4, 0.5) is 0 Å². The molecule has 0 atom stereocenters. The monoisotopic (exact) mass is 269 g/mol. The van der Waals surface area contributed by atoms with Crippen molar-refractivity contribution in [3.05, 3.63) is 11.8 Å². The quantitative estimate of drug-likeness (QED) is 0.379. The number of hydrogen-bond donors (Lipinski definition) is 2. The molecule has 3 nitrogen and oxygen atoms in total. The van der Waals surface area contributed by atoms with Crippen molar-refractivity contribution in [2.45, 2.75) is 84.0 Å². The molecule has 0 spiro atoms. The van der Waals surface area contributed by atoms with Crippen molar-refractivity contribution in [2.24, 2.45) is 5.73 Å². The lowest BCUT2D eigenvalue weighted by Crippen LogP contribution is -2.09. The third-order valence-corrected chi connectivity index (χ3v) is 3.42. The molecule has 3 heteroatoms. The van der Waals surface area contributed by atoms with Crippen molar-refractivity contribution in [1.82, 2.24) is 0 Å². The molecule has 0 aromatic rings. The fourth-order valence-electron chi connectivity index (χ4n) is 2.15. The van der Waals surface area contributed by atoms with Gasteiger partial charge in [0.1, 0.15) is 5.70 Å². The van der Waals surface area contributed by atoms with E-state index in [1.165, 1.54) is 64.2 Å². The van der Waals surface area contributed by atoms with E-state index in [-0.39, 0.29) is 5.70 Å². The van der Waals surface area contributed by atoms with Crippen LogP contribution >= 0.6 is 0 Å². The van der Waals surface area contributed by atoms with Crippen LogP contribution in [0.3, 0.4) is 0 Å². The highest BCUT2D eigenvalue weighted by Gasteiger charge is 1.98. The zero-order valence-electron chi connectivity index (χ0n) is 12.5. The summed E-state index contributed by atoms with van der Waals surface area (Å²) in [5.74, 6) is -1.01. The minimum atomic E-state index is -1.01. The Hall–Kier alpha value is -0.990. The molecule has 0 bridgehead atoms. The van der Waals surface area contributed by atoms with E-state index in [2.05, 4.69) is 6.92 Å². The zero-order valence-corrected chi connectivity index (χ0v) is 12.5. The first-order chi connectivity index (χ1) is 9.18. The maximum Gasteiger partial charge on any atom is 0.351 e. The van der Waals surface area contributed by atoms with E-state index in [0.29, 0.717) is 0 Å². The fourth-order valence-corrected chi connectivity index (χ4v) is 2.15. The van der Waals surface area contributed by atoms with Gasteiger partial charge in [-0.25, -0.2) is 4.79 Å². The van der Waals surface area contributed by atoms with Crippen LogP contribution in [0.5, 0.6) is 0 Å². The van der Waals surface area contributed by atoms with E-state index in [4.69, 9.17) is 10.8 Å². The summed E-state index contributed by atoms with van der Waals surface area (Å²) in [6, 6.07) is 0. The summed E-state index contributed by atoms with van der Waals surface area (Å²) in [5, 5.41) is 8.57. The number of rotatable bonds is 13. The van der Waals surface area contributed by atoms with E-state index < -0.39 is 5.97 Å². The first-order valence-electron chi connectivity index (χ1n) is 7.87.